The minimum absolute atomic E-state index is 0.492. The van der Waals surface area contributed by atoms with Crippen molar-refractivity contribution in [1.82, 2.24) is 14.5 Å². The topological polar surface area (TPSA) is 34.0 Å². The van der Waals surface area contributed by atoms with Gasteiger partial charge in [0.25, 0.3) is 0 Å². The third-order valence-electron chi connectivity index (χ3n) is 9.18. The molecule has 0 amide bonds. The van der Waals surface area contributed by atoms with Crippen LogP contribution in [0.2, 0.25) is 0 Å². The Kier molecular flexibility index (Phi) is 5.69. The van der Waals surface area contributed by atoms with Crippen molar-refractivity contribution in [3.05, 3.63) is 193 Å². The highest BCUT2D eigenvalue weighted by atomic mass is 15.2. The minimum atomic E-state index is -0.492. The highest BCUT2D eigenvalue weighted by Gasteiger charge is 2.46. The van der Waals surface area contributed by atoms with Gasteiger partial charge >= 0.3 is 0 Å². The van der Waals surface area contributed by atoms with Gasteiger partial charge in [-0.2, -0.15) is 0 Å². The van der Waals surface area contributed by atoms with Crippen LogP contribution in [0, 0.1) is 0 Å². The van der Waals surface area contributed by atoms with Gasteiger partial charge in [0.05, 0.1) is 45.2 Å². The molecule has 0 atom stereocenters. The Balaban J connectivity index is 1.34. The van der Waals surface area contributed by atoms with Gasteiger partial charge in [-0.3, -0.25) is 9.97 Å². The van der Waals surface area contributed by atoms with Crippen molar-refractivity contribution in [3.63, 3.8) is 0 Å². The predicted molar refractivity (Wildman–Crippen MR) is 183 cm³/mol. The van der Waals surface area contributed by atoms with Crippen molar-refractivity contribution in [2.24, 2.45) is 0 Å². The zero-order chi connectivity index (χ0) is 29.8. The second-order valence-electron chi connectivity index (χ2n) is 11.5. The van der Waals surface area contributed by atoms with Gasteiger partial charge in [-0.25, -0.2) is 0 Å². The number of para-hydroxylation sites is 2. The van der Waals surface area contributed by atoms with Gasteiger partial charge in [-0.15, -0.1) is 0 Å². The highest BCUT2D eigenvalue weighted by molar-refractivity contribution is 6.09. The molecule has 0 radical (unpaired) electrons. The molecule has 8 aromatic rings. The van der Waals surface area contributed by atoms with Crippen LogP contribution in [0.5, 0.6) is 0 Å². The number of hydrogen-bond donors (Lipinski definition) is 0. The van der Waals surface area contributed by atoms with Crippen LogP contribution >= 0.6 is 0 Å². The molecule has 0 bridgehead atoms. The van der Waals surface area contributed by atoms with Crippen molar-refractivity contribution in [1.29, 1.82) is 0 Å². The van der Waals surface area contributed by atoms with E-state index < -0.39 is 5.41 Å². The number of fused-ring (bicyclic) bond motifs is 5. The molecule has 9 rings (SSSR count). The number of anilines is 3. The average Bonchev–Trinajstić information content (AvgIpc) is 3.45. The van der Waals surface area contributed by atoms with E-state index in [-0.39, 0.29) is 0 Å². The summed E-state index contributed by atoms with van der Waals surface area (Å²) >= 11 is 0. The maximum absolute atomic E-state index is 4.87. The lowest BCUT2D eigenvalue weighted by atomic mass is 9.62. The maximum Gasteiger partial charge on any atom is 0.0964 e. The summed E-state index contributed by atoms with van der Waals surface area (Å²) in [4.78, 5) is 11.7. The first kappa shape index (κ1) is 25.5. The van der Waals surface area contributed by atoms with Crippen LogP contribution in [0.25, 0.3) is 27.6 Å². The van der Waals surface area contributed by atoms with E-state index in [2.05, 4.69) is 154 Å². The molecule has 1 aliphatic rings. The van der Waals surface area contributed by atoms with E-state index in [1.807, 2.05) is 30.7 Å². The molecule has 45 heavy (non-hydrogen) atoms. The standard InChI is InChI=1S/C41H28N4/c1-3-13-29(14-4-1)41(30-15-5-2-6-16-30)34-18-7-9-20-37(34)44(38-21-10-8-19-35(38)41)31-23-24-36-33(27-31)40-39(22-12-26-43-40)45(36)32-17-11-25-42-28-32/h1-28H. The third kappa shape index (κ3) is 3.66. The fraction of sp³-hybridized carbons (Fsp3) is 0.0244. The lowest BCUT2D eigenvalue weighted by molar-refractivity contribution is 0.731. The van der Waals surface area contributed by atoms with Crippen molar-refractivity contribution < 1.29 is 0 Å². The highest BCUT2D eigenvalue weighted by Crippen LogP contribution is 2.57. The average molecular weight is 577 g/mol. The Labute approximate surface area is 261 Å². The van der Waals surface area contributed by atoms with Gasteiger partial charge in [-0.1, -0.05) is 97.1 Å². The van der Waals surface area contributed by atoms with Gasteiger partial charge in [0, 0.05) is 23.5 Å². The predicted octanol–water partition coefficient (Wildman–Crippen LogP) is 9.74. The zero-order valence-electron chi connectivity index (χ0n) is 24.5. The molecule has 0 N–H and O–H groups in total. The van der Waals surface area contributed by atoms with Crippen molar-refractivity contribution >= 4 is 39.0 Å². The van der Waals surface area contributed by atoms with Crippen molar-refractivity contribution in [3.8, 4) is 5.69 Å². The Morgan fingerprint density at radius 1 is 0.489 bits per heavy atom. The Bertz CT molecular complexity index is 2240. The number of aromatic nitrogens is 3. The van der Waals surface area contributed by atoms with Crippen LogP contribution in [0.1, 0.15) is 22.3 Å². The summed E-state index contributed by atoms with van der Waals surface area (Å²) < 4.78 is 2.25. The minimum Gasteiger partial charge on any atom is -0.310 e. The van der Waals surface area contributed by atoms with Crippen molar-refractivity contribution in [2.75, 3.05) is 4.90 Å². The molecule has 0 spiro atoms. The molecule has 0 fully saturated rings. The van der Waals surface area contributed by atoms with Gasteiger partial charge < -0.3 is 9.47 Å². The van der Waals surface area contributed by atoms with E-state index in [1.54, 1.807) is 0 Å². The monoisotopic (exact) mass is 576 g/mol. The molecular weight excluding hydrogens is 548 g/mol. The Morgan fingerprint density at radius 2 is 1.11 bits per heavy atom. The van der Waals surface area contributed by atoms with E-state index in [1.165, 1.54) is 22.3 Å². The molecule has 0 saturated heterocycles. The zero-order valence-corrected chi connectivity index (χ0v) is 24.5. The largest absolute Gasteiger partial charge is 0.310 e. The van der Waals surface area contributed by atoms with Crippen LogP contribution in [-0.4, -0.2) is 14.5 Å². The fourth-order valence-corrected chi connectivity index (χ4v) is 7.42. The van der Waals surface area contributed by atoms with Gasteiger partial charge in [0.2, 0.25) is 0 Å². The molecule has 4 nitrogen and oxygen atoms in total. The molecule has 0 aliphatic carbocycles. The summed E-state index contributed by atoms with van der Waals surface area (Å²) in [7, 11) is 0. The van der Waals surface area contributed by atoms with E-state index in [9.17, 15) is 0 Å². The number of nitrogens with zero attached hydrogens (tertiary/aromatic N) is 4. The number of rotatable bonds is 4. The van der Waals surface area contributed by atoms with Crippen LogP contribution < -0.4 is 4.90 Å². The third-order valence-corrected chi connectivity index (χ3v) is 9.18. The van der Waals surface area contributed by atoms with E-state index in [4.69, 9.17) is 4.98 Å². The molecule has 212 valence electrons. The molecule has 3 aromatic heterocycles. The maximum atomic E-state index is 4.87. The molecule has 1 aliphatic heterocycles. The lowest BCUT2D eigenvalue weighted by Crippen LogP contribution is -2.37. The first-order valence-electron chi connectivity index (χ1n) is 15.3. The van der Waals surface area contributed by atoms with Gasteiger partial charge in [0.1, 0.15) is 0 Å². The summed E-state index contributed by atoms with van der Waals surface area (Å²) in [6.07, 6.45) is 5.59. The molecular formula is C41H28N4. The van der Waals surface area contributed by atoms with Gasteiger partial charge in [-0.05, 0) is 76.9 Å². The van der Waals surface area contributed by atoms with Crippen LogP contribution in [0.15, 0.2) is 170 Å². The van der Waals surface area contributed by atoms with E-state index in [0.29, 0.717) is 0 Å². The summed E-state index contributed by atoms with van der Waals surface area (Å²) in [6.45, 7) is 0. The summed E-state index contributed by atoms with van der Waals surface area (Å²) in [6, 6.07) is 54.6. The number of benzene rings is 5. The van der Waals surface area contributed by atoms with Gasteiger partial charge in [0.15, 0.2) is 0 Å². The normalized spacial score (nSPS) is 13.5. The number of hydrogen-bond acceptors (Lipinski definition) is 3. The summed E-state index contributed by atoms with van der Waals surface area (Å²) in [5.74, 6) is 0. The SMILES string of the molecule is c1ccc(C2(c3ccccc3)c3ccccc3N(c3ccc4c(c3)c3ncccc3n4-c3cccnc3)c3ccccc32)cc1. The fourth-order valence-electron chi connectivity index (χ4n) is 7.42. The quantitative estimate of drug-likeness (QED) is 0.209. The number of pyridine rings is 2. The molecule has 4 heterocycles. The molecule has 0 saturated carbocycles. The van der Waals surface area contributed by atoms with Crippen LogP contribution in [-0.2, 0) is 5.41 Å². The molecule has 0 unspecified atom stereocenters. The summed E-state index contributed by atoms with van der Waals surface area (Å²) in [5, 5.41) is 1.10. The second-order valence-corrected chi connectivity index (χ2v) is 11.5. The summed E-state index contributed by atoms with van der Waals surface area (Å²) in [5.41, 5.74) is 12.0. The van der Waals surface area contributed by atoms with E-state index >= 15 is 0 Å². The Hall–Kier alpha value is -6.00. The second kappa shape index (κ2) is 10.0. The van der Waals surface area contributed by atoms with Crippen molar-refractivity contribution in [2.45, 2.75) is 5.41 Å². The lowest BCUT2D eigenvalue weighted by Gasteiger charge is -2.46. The Morgan fingerprint density at radius 3 is 1.76 bits per heavy atom. The van der Waals surface area contributed by atoms with Crippen LogP contribution in [0.4, 0.5) is 17.1 Å². The first-order valence-corrected chi connectivity index (χ1v) is 15.3. The smallest absolute Gasteiger partial charge is 0.0964 e. The van der Waals surface area contributed by atoms with Crippen LogP contribution in [0.3, 0.4) is 0 Å². The molecule has 4 heteroatoms. The first-order chi connectivity index (χ1) is 22.4. The molecule has 5 aromatic carbocycles. The van der Waals surface area contributed by atoms with E-state index in [0.717, 1.165) is 44.7 Å².